The zero-order chi connectivity index (χ0) is 27.0. The van der Waals surface area contributed by atoms with Gasteiger partial charge in [0.25, 0.3) is 11.1 Å². The first-order valence-electron chi connectivity index (χ1n) is 12.4. The predicted octanol–water partition coefficient (Wildman–Crippen LogP) is 6.78. The van der Waals surface area contributed by atoms with Crippen LogP contribution in [0.1, 0.15) is 38.9 Å². The fraction of sp³-hybridized carbons (Fsp3) is 0.129. The van der Waals surface area contributed by atoms with Crippen LogP contribution in [0, 0.1) is 5.82 Å². The summed E-state index contributed by atoms with van der Waals surface area (Å²) < 4.78 is 29.0. The zero-order valence-electron chi connectivity index (χ0n) is 21.2. The average Bonchev–Trinajstić information content (AvgIpc) is 3.41. The van der Waals surface area contributed by atoms with Crippen molar-refractivity contribution >= 4 is 17.4 Å². The minimum atomic E-state index is -0.292. The molecule has 0 aliphatic rings. The lowest BCUT2D eigenvalue weighted by molar-refractivity contribution is 0.0936. The van der Waals surface area contributed by atoms with E-state index in [1.54, 1.807) is 30.3 Å². The topological polar surface area (TPSA) is 73.3 Å². The molecule has 0 radical (unpaired) electrons. The van der Waals surface area contributed by atoms with Gasteiger partial charge in [-0.15, -0.1) is 0 Å². The number of halogens is 1. The maximum absolute atomic E-state index is 13.4. The number of amides is 1. The highest BCUT2D eigenvalue weighted by Crippen LogP contribution is 2.33. The van der Waals surface area contributed by atoms with E-state index in [4.69, 9.17) is 9.47 Å². The lowest BCUT2D eigenvalue weighted by Gasteiger charge is -2.20. The number of nitrogens with zero attached hydrogens (tertiary/aromatic N) is 2. The number of methoxy groups -OCH3 is 1. The molecule has 1 N–H and O–H groups in total. The van der Waals surface area contributed by atoms with Gasteiger partial charge in [0, 0.05) is 23.5 Å². The second-order valence-corrected chi connectivity index (χ2v) is 9.59. The molecule has 0 saturated heterocycles. The second kappa shape index (κ2) is 12.3. The standard InChI is InChI=1S/C31H26FN3O3S/c1-37-27-17-14-24(20-28(27)38-31-34-29(35-39-31)19-22-12-15-25(32)16-13-22)30(36)33-26(23-10-6-3-7-11-23)18-21-8-4-2-5-9-21/h2-17,20,26H,18-19H2,1H3,(H,33,36). The molecule has 1 aromatic heterocycles. The Bertz CT molecular complexity index is 1530. The fourth-order valence-corrected chi connectivity index (χ4v) is 4.72. The summed E-state index contributed by atoms with van der Waals surface area (Å²) in [7, 11) is 1.54. The van der Waals surface area contributed by atoms with Crippen LogP contribution in [-0.4, -0.2) is 22.4 Å². The molecule has 39 heavy (non-hydrogen) atoms. The molecule has 1 heterocycles. The first kappa shape index (κ1) is 26.1. The van der Waals surface area contributed by atoms with E-state index in [9.17, 15) is 9.18 Å². The van der Waals surface area contributed by atoms with E-state index >= 15 is 0 Å². The van der Waals surface area contributed by atoms with Crippen LogP contribution in [0.4, 0.5) is 4.39 Å². The number of hydrogen-bond donors (Lipinski definition) is 1. The molecule has 0 aliphatic heterocycles. The van der Waals surface area contributed by atoms with Crippen molar-refractivity contribution in [1.82, 2.24) is 14.7 Å². The van der Waals surface area contributed by atoms with E-state index in [1.807, 2.05) is 60.7 Å². The summed E-state index contributed by atoms with van der Waals surface area (Å²) in [5.74, 6) is 0.850. The van der Waals surface area contributed by atoms with E-state index in [0.717, 1.165) is 28.2 Å². The van der Waals surface area contributed by atoms with E-state index in [1.165, 1.54) is 19.2 Å². The van der Waals surface area contributed by atoms with Gasteiger partial charge in [-0.2, -0.15) is 9.36 Å². The normalized spacial score (nSPS) is 11.5. The van der Waals surface area contributed by atoms with Crippen molar-refractivity contribution in [3.05, 3.63) is 137 Å². The molecule has 1 unspecified atom stereocenters. The first-order chi connectivity index (χ1) is 19.1. The van der Waals surface area contributed by atoms with Crippen LogP contribution in [-0.2, 0) is 12.8 Å². The molecule has 196 valence electrons. The average molecular weight is 540 g/mol. The lowest BCUT2D eigenvalue weighted by atomic mass is 9.98. The van der Waals surface area contributed by atoms with E-state index in [2.05, 4.69) is 14.7 Å². The van der Waals surface area contributed by atoms with Crippen molar-refractivity contribution in [2.45, 2.75) is 18.9 Å². The van der Waals surface area contributed by atoms with Crippen LogP contribution >= 0.6 is 11.5 Å². The van der Waals surface area contributed by atoms with Crippen LogP contribution in [0.5, 0.6) is 16.7 Å². The van der Waals surface area contributed by atoms with E-state index in [-0.39, 0.29) is 17.8 Å². The van der Waals surface area contributed by atoms with Gasteiger partial charge < -0.3 is 14.8 Å². The van der Waals surface area contributed by atoms with Gasteiger partial charge in [-0.05, 0) is 53.4 Å². The number of aromatic nitrogens is 2. The van der Waals surface area contributed by atoms with Gasteiger partial charge in [-0.1, -0.05) is 72.8 Å². The van der Waals surface area contributed by atoms with E-state index in [0.29, 0.717) is 40.9 Å². The molecule has 1 atom stereocenters. The Labute approximate surface area is 230 Å². The highest BCUT2D eigenvalue weighted by atomic mass is 32.1. The summed E-state index contributed by atoms with van der Waals surface area (Å²) in [6.45, 7) is 0. The molecule has 0 bridgehead atoms. The third-order valence-electron chi connectivity index (χ3n) is 6.14. The van der Waals surface area contributed by atoms with Gasteiger partial charge in [-0.3, -0.25) is 4.79 Å². The first-order valence-corrected chi connectivity index (χ1v) is 13.2. The summed E-state index contributed by atoms with van der Waals surface area (Å²) in [5, 5.41) is 3.49. The number of hydrogen-bond acceptors (Lipinski definition) is 6. The maximum Gasteiger partial charge on any atom is 0.298 e. The summed E-state index contributed by atoms with van der Waals surface area (Å²) >= 11 is 1.10. The monoisotopic (exact) mass is 539 g/mol. The van der Waals surface area contributed by atoms with Gasteiger partial charge in [0.2, 0.25) is 0 Å². The molecule has 0 spiro atoms. The Morgan fingerprint density at radius 2 is 1.62 bits per heavy atom. The van der Waals surface area contributed by atoms with Crippen molar-refractivity contribution in [3.8, 4) is 16.7 Å². The number of carbonyl (C=O) groups excluding carboxylic acids is 1. The van der Waals surface area contributed by atoms with Crippen molar-refractivity contribution in [3.63, 3.8) is 0 Å². The highest BCUT2D eigenvalue weighted by Gasteiger charge is 2.19. The minimum absolute atomic E-state index is 0.218. The summed E-state index contributed by atoms with van der Waals surface area (Å²) in [6.07, 6.45) is 1.10. The van der Waals surface area contributed by atoms with Gasteiger partial charge in [-0.25, -0.2) is 4.39 Å². The number of nitrogens with one attached hydrogen (secondary N) is 1. The Kier molecular flexibility index (Phi) is 8.23. The second-order valence-electron chi connectivity index (χ2n) is 8.87. The third kappa shape index (κ3) is 6.86. The zero-order valence-corrected chi connectivity index (χ0v) is 22.0. The Morgan fingerprint density at radius 3 is 2.33 bits per heavy atom. The molecule has 8 heteroatoms. The van der Waals surface area contributed by atoms with Gasteiger partial charge >= 0.3 is 0 Å². The molecule has 0 fully saturated rings. The molecule has 0 saturated carbocycles. The maximum atomic E-state index is 13.4. The van der Waals surface area contributed by atoms with Crippen molar-refractivity contribution in [1.29, 1.82) is 0 Å². The Morgan fingerprint density at radius 1 is 0.897 bits per heavy atom. The SMILES string of the molecule is COc1ccc(C(=O)NC(Cc2ccccc2)c2ccccc2)cc1Oc1nc(Cc2ccc(F)cc2)ns1. The molecule has 4 aromatic carbocycles. The molecular weight excluding hydrogens is 513 g/mol. The van der Waals surface area contributed by atoms with Crippen LogP contribution in [0.15, 0.2) is 103 Å². The van der Waals surface area contributed by atoms with Crippen LogP contribution in [0.25, 0.3) is 0 Å². The number of carbonyl (C=O) groups is 1. The number of benzene rings is 4. The predicted molar refractivity (Wildman–Crippen MR) is 149 cm³/mol. The van der Waals surface area contributed by atoms with Crippen molar-refractivity contribution in [2.24, 2.45) is 0 Å². The van der Waals surface area contributed by atoms with Gasteiger partial charge in [0.05, 0.1) is 13.2 Å². The summed E-state index contributed by atoms with van der Waals surface area (Å²) in [6, 6.07) is 31.0. The summed E-state index contributed by atoms with van der Waals surface area (Å²) in [5.41, 5.74) is 3.46. The van der Waals surface area contributed by atoms with Gasteiger partial charge in [0.15, 0.2) is 17.3 Å². The molecule has 5 aromatic rings. The Balaban J connectivity index is 1.33. The van der Waals surface area contributed by atoms with Crippen LogP contribution in [0.3, 0.4) is 0 Å². The Hall–Kier alpha value is -4.56. The van der Waals surface area contributed by atoms with Gasteiger partial charge in [0.1, 0.15) is 5.82 Å². The molecule has 6 nitrogen and oxygen atoms in total. The largest absolute Gasteiger partial charge is 0.493 e. The third-order valence-corrected chi connectivity index (χ3v) is 6.77. The number of rotatable bonds is 10. The summed E-state index contributed by atoms with van der Waals surface area (Å²) in [4.78, 5) is 17.8. The van der Waals surface area contributed by atoms with Crippen molar-refractivity contribution in [2.75, 3.05) is 7.11 Å². The molecule has 1 amide bonds. The molecule has 5 rings (SSSR count). The molecule has 0 aliphatic carbocycles. The highest BCUT2D eigenvalue weighted by molar-refractivity contribution is 7.07. The van der Waals surface area contributed by atoms with Crippen LogP contribution < -0.4 is 14.8 Å². The van der Waals surface area contributed by atoms with Crippen molar-refractivity contribution < 1.29 is 18.7 Å². The number of ether oxygens (including phenoxy) is 2. The van der Waals surface area contributed by atoms with E-state index < -0.39 is 0 Å². The minimum Gasteiger partial charge on any atom is -0.493 e. The lowest BCUT2D eigenvalue weighted by Crippen LogP contribution is -2.30. The quantitative estimate of drug-likeness (QED) is 0.212. The molecular formula is C31H26FN3O3S. The smallest absolute Gasteiger partial charge is 0.298 e. The van der Waals surface area contributed by atoms with Crippen LogP contribution in [0.2, 0.25) is 0 Å². The fourth-order valence-electron chi connectivity index (χ4n) is 4.16.